The van der Waals surface area contributed by atoms with Crippen molar-refractivity contribution in [3.05, 3.63) is 35.4 Å². The standard InChI is InChI=1S/C15H23NO3S/c1-4-11-6-8-12(9-7-11)13-14(20(17,18)5-2)15(13,16)10-19-3/h6-9,13-14H,4-5,10,16H2,1-3H3/t13-,14-,15-/m1/s1. The van der Waals surface area contributed by atoms with E-state index in [0.29, 0.717) is 0 Å². The molecule has 1 aliphatic rings. The Hall–Kier alpha value is -0.910. The molecule has 4 nitrogen and oxygen atoms in total. The minimum atomic E-state index is -3.17. The van der Waals surface area contributed by atoms with Crippen molar-refractivity contribution in [1.29, 1.82) is 0 Å². The van der Waals surface area contributed by atoms with E-state index in [0.717, 1.165) is 12.0 Å². The van der Waals surface area contributed by atoms with Gasteiger partial charge in [-0.1, -0.05) is 38.1 Å². The summed E-state index contributed by atoms with van der Waals surface area (Å²) in [7, 11) is -1.62. The molecule has 0 aromatic heterocycles. The first-order chi connectivity index (χ1) is 9.40. The van der Waals surface area contributed by atoms with Crippen LogP contribution in [-0.2, 0) is 21.0 Å². The molecule has 20 heavy (non-hydrogen) atoms. The van der Waals surface area contributed by atoms with Crippen LogP contribution in [0.1, 0.15) is 30.9 Å². The third-order valence-corrected chi connectivity index (χ3v) is 6.52. The van der Waals surface area contributed by atoms with Crippen molar-refractivity contribution in [1.82, 2.24) is 0 Å². The van der Waals surface area contributed by atoms with Gasteiger partial charge in [0.25, 0.3) is 0 Å². The van der Waals surface area contributed by atoms with Gasteiger partial charge in [-0.2, -0.15) is 0 Å². The van der Waals surface area contributed by atoms with Gasteiger partial charge in [-0.05, 0) is 17.5 Å². The van der Waals surface area contributed by atoms with E-state index in [1.54, 1.807) is 14.0 Å². The predicted molar refractivity (Wildman–Crippen MR) is 80.6 cm³/mol. The van der Waals surface area contributed by atoms with Crippen molar-refractivity contribution in [2.24, 2.45) is 5.73 Å². The number of ether oxygens (including phenoxy) is 1. The Morgan fingerprint density at radius 2 is 1.85 bits per heavy atom. The Labute approximate surface area is 121 Å². The molecule has 0 unspecified atom stereocenters. The zero-order valence-corrected chi connectivity index (χ0v) is 13.1. The van der Waals surface area contributed by atoms with E-state index >= 15 is 0 Å². The van der Waals surface area contributed by atoms with Gasteiger partial charge in [0, 0.05) is 18.8 Å². The van der Waals surface area contributed by atoms with Crippen LogP contribution in [0.5, 0.6) is 0 Å². The number of rotatable bonds is 6. The van der Waals surface area contributed by atoms with Gasteiger partial charge >= 0.3 is 0 Å². The molecule has 2 N–H and O–H groups in total. The topological polar surface area (TPSA) is 69.4 Å². The smallest absolute Gasteiger partial charge is 0.155 e. The summed E-state index contributed by atoms with van der Waals surface area (Å²) in [6.07, 6.45) is 0.966. The lowest BCUT2D eigenvalue weighted by molar-refractivity contribution is 0.171. The number of aryl methyl sites for hydroxylation is 1. The molecule has 0 aliphatic heterocycles. The second-order valence-electron chi connectivity index (χ2n) is 5.49. The predicted octanol–water partition coefficient (Wildman–Crippen LogP) is 1.49. The molecular formula is C15H23NO3S. The van der Waals surface area contributed by atoms with Gasteiger partial charge in [0.2, 0.25) is 0 Å². The van der Waals surface area contributed by atoms with E-state index in [9.17, 15) is 8.42 Å². The minimum Gasteiger partial charge on any atom is -0.383 e. The third-order valence-electron chi connectivity index (χ3n) is 4.23. The summed E-state index contributed by atoms with van der Waals surface area (Å²) in [6.45, 7) is 4.02. The van der Waals surface area contributed by atoms with Gasteiger partial charge in [0.1, 0.15) is 0 Å². The Bertz CT molecular complexity index is 567. The molecule has 0 radical (unpaired) electrons. The first-order valence-electron chi connectivity index (χ1n) is 6.99. The molecule has 0 amide bonds. The average Bonchev–Trinajstić information content (AvgIpc) is 3.06. The highest BCUT2D eigenvalue weighted by molar-refractivity contribution is 7.92. The van der Waals surface area contributed by atoms with Gasteiger partial charge in [0.05, 0.1) is 17.4 Å². The number of benzene rings is 1. The molecule has 5 heteroatoms. The molecule has 3 atom stereocenters. The molecule has 0 bridgehead atoms. The first-order valence-corrected chi connectivity index (χ1v) is 8.70. The normalized spacial score (nSPS) is 29.4. The van der Waals surface area contributed by atoms with Gasteiger partial charge in [-0.25, -0.2) is 8.42 Å². The molecule has 1 aliphatic carbocycles. The Morgan fingerprint density at radius 3 is 2.30 bits per heavy atom. The summed E-state index contributed by atoms with van der Waals surface area (Å²) in [4.78, 5) is 0. The number of hydrogen-bond donors (Lipinski definition) is 1. The summed E-state index contributed by atoms with van der Waals surface area (Å²) in [5, 5.41) is -0.535. The quantitative estimate of drug-likeness (QED) is 0.864. The van der Waals surface area contributed by atoms with Crippen LogP contribution in [0.25, 0.3) is 0 Å². The van der Waals surface area contributed by atoms with E-state index in [-0.39, 0.29) is 18.3 Å². The first kappa shape index (κ1) is 15.5. The van der Waals surface area contributed by atoms with Crippen molar-refractivity contribution in [3.63, 3.8) is 0 Å². The van der Waals surface area contributed by atoms with Crippen LogP contribution in [0.2, 0.25) is 0 Å². The molecule has 0 spiro atoms. The SMILES string of the molecule is CCc1ccc([C@@H]2[C@@H](S(=O)(=O)CC)[C@@]2(N)COC)cc1. The lowest BCUT2D eigenvalue weighted by Crippen LogP contribution is -2.36. The lowest BCUT2D eigenvalue weighted by Gasteiger charge is -2.10. The molecule has 1 saturated carbocycles. The van der Waals surface area contributed by atoms with E-state index in [4.69, 9.17) is 10.5 Å². The molecule has 1 fully saturated rings. The maximum absolute atomic E-state index is 12.2. The van der Waals surface area contributed by atoms with Crippen LogP contribution in [0.4, 0.5) is 0 Å². The number of hydrogen-bond acceptors (Lipinski definition) is 4. The summed E-state index contributed by atoms with van der Waals surface area (Å²) in [5.74, 6) is -0.0533. The Balaban J connectivity index is 2.33. The molecular weight excluding hydrogens is 274 g/mol. The van der Waals surface area contributed by atoms with Gasteiger partial charge in [-0.15, -0.1) is 0 Å². The van der Waals surface area contributed by atoms with Gasteiger partial charge in [0.15, 0.2) is 9.84 Å². The van der Waals surface area contributed by atoms with E-state index in [1.807, 2.05) is 24.3 Å². The van der Waals surface area contributed by atoms with Crippen molar-refractivity contribution >= 4 is 9.84 Å². The maximum Gasteiger partial charge on any atom is 0.155 e. The zero-order valence-electron chi connectivity index (χ0n) is 12.3. The fourth-order valence-corrected chi connectivity index (χ4v) is 5.00. The number of sulfone groups is 1. The van der Waals surface area contributed by atoms with E-state index < -0.39 is 20.6 Å². The minimum absolute atomic E-state index is 0.115. The highest BCUT2D eigenvalue weighted by Crippen LogP contribution is 2.54. The molecule has 112 valence electrons. The summed E-state index contributed by atoms with van der Waals surface area (Å²) >= 11 is 0. The van der Waals surface area contributed by atoms with E-state index in [1.165, 1.54) is 5.56 Å². The van der Waals surface area contributed by atoms with Crippen LogP contribution in [-0.4, -0.2) is 38.7 Å². The molecule has 1 aromatic rings. The molecule has 0 heterocycles. The highest BCUT2D eigenvalue weighted by atomic mass is 32.2. The maximum atomic E-state index is 12.2. The third kappa shape index (κ3) is 2.50. The van der Waals surface area contributed by atoms with Crippen LogP contribution in [0.3, 0.4) is 0 Å². The molecule has 0 saturated heterocycles. The zero-order chi connectivity index (χ0) is 15.0. The summed E-state index contributed by atoms with van der Waals surface area (Å²) in [5.41, 5.74) is 7.74. The monoisotopic (exact) mass is 297 g/mol. The van der Waals surface area contributed by atoms with Gasteiger partial charge in [-0.3, -0.25) is 0 Å². The second kappa shape index (κ2) is 5.47. The summed E-state index contributed by atoms with van der Waals surface area (Å²) < 4.78 is 29.6. The van der Waals surface area contributed by atoms with Crippen molar-refractivity contribution in [2.45, 2.75) is 37.0 Å². The van der Waals surface area contributed by atoms with Crippen LogP contribution in [0, 0.1) is 0 Å². The highest BCUT2D eigenvalue weighted by Gasteiger charge is 2.68. The van der Waals surface area contributed by atoms with Crippen LogP contribution in [0.15, 0.2) is 24.3 Å². The molecule has 1 aromatic carbocycles. The fourth-order valence-electron chi connectivity index (χ4n) is 3.01. The second-order valence-corrected chi connectivity index (χ2v) is 7.90. The Kier molecular flexibility index (Phi) is 4.23. The van der Waals surface area contributed by atoms with Gasteiger partial charge < -0.3 is 10.5 Å². The van der Waals surface area contributed by atoms with Crippen molar-refractivity contribution in [2.75, 3.05) is 19.5 Å². The lowest BCUT2D eigenvalue weighted by atomic mass is 10.0. The number of nitrogens with two attached hydrogens (primary N) is 1. The largest absolute Gasteiger partial charge is 0.383 e. The van der Waals surface area contributed by atoms with Crippen LogP contribution >= 0.6 is 0 Å². The van der Waals surface area contributed by atoms with Crippen molar-refractivity contribution < 1.29 is 13.2 Å². The number of methoxy groups -OCH3 is 1. The van der Waals surface area contributed by atoms with Crippen molar-refractivity contribution in [3.8, 4) is 0 Å². The fraction of sp³-hybridized carbons (Fsp3) is 0.600. The summed E-state index contributed by atoms with van der Waals surface area (Å²) in [6, 6.07) is 8.06. The molecule has 2 rings (SSSR count). The Morgan fingerprint density at radius 1 is 1.25 bits per heavy atom. The van der Waals surface area contributed by atoms with Crippen LogP contribution < -0.4 is 5.73 Å². The van der Waals surface area contributed by atoms with E-state index in [2.05, 4.69) is 6.92 Å². The average molecular weight is 297 g/mol.